The third-order valence-corrected chi connectivity index (χ3v) is 10.3. The molecule has 1 saturated heterocycles. The first kappa shape index (κ1) is 31.0. The Morgan fingerprint density at radius 2 is 1.67 bits per heavy atom. The van der Waals surface area contributed by atoms with Crippen molar-refractivity contribution in [3.05, 3.63) is 109 Å². The Balaban J connectivity index is 1.41. The van der Waals surface area contributed by atoms with Crippen LogP contribution in [0.5, 0.6) is 5.75 Å². The predicted molar refractivity (Wildman–Crippen MR) is 162 cm³/mol. The second-order valence-corrected chi connectivity index (χ2v) is 12.4. The van der Waals surface area contributed by atoms with Gasteiger partial charge in [-0.05, 0) is 30.3 Å². The maximum atomic E-state index is 14.0. The highest BCUT2D eigenvalue weighted by atomic mass is 32.2. The van der Waals surface area contributed by atoms with E-state index in [1.165, 1.54) is 43.5 Å². The molecule has 0 aliphatic carbocycles. The molecule has 0 spiro atoms. The van der Waals surface area contributed by atoms with E-state index in [4.69, 9.17) is 4.74 Å². The molecular weight excluding hydrogens is 649 g/mol. The number of non-ortho nitro benzene ring substituents is 1. The van der Waals surface area contributed by atoms with E-state index in [0.29, 0.717) is 16.2 Å². The maximum absolute atomic E-state index is 14.0. The number of imide groups is 1. The standard InChI is InChI=1S/C30H21F3N4O7S2/c1-44-20-9-5-2-6-17(20)22-23-24(27(40)36(26(23)39)15-10-12-16(13-11-15)37(42)43)45-28-25(22)46-29(41)35(28)14-21(38)34-19-8-4-3-7-18(19)30(31,32)33/h2-13,22-24H,14H2,1H3,(H,34,38)/t22-,23?,24?/m1/s1. The molecule has 1 N–H and O–H groups in total. The number of hydrogen-bond donors (Lipinski definition) is 1. The molecule has 0 radical (unpaired) electrons. The molecule has 2 aliphatic rings. The summed E-state index contributed by atoms with van der Waals surface area (Å²) in [6, 6.07) is 16.1. The molecule has 3 heterocycles. The number of benzene rings is 3. The van der Waals surface area contributed by atoms with Gasteiger partial charge in [0.2, 0.25) is 17.7 Å². The van der Waals surface area contributed by atoms with Crippen LogP contribution in [0.2, 0.25) is 0 Å². The number of aromatic nitrogens is 1. The molecular formula is C30H21F3N4O7S2. The number of para-hydroxylation sites is 2. The van der Waals surface area contributed by atoms with Crippen LogP contribution in [-0.4, -0.2) is 39.6 Å². The van der Waals surface area contributed by atoms with Gasteiger partial charge in [0.05, 0.1) is 39.9 Å². The van der Waals surface area contributed by atoms with Gasteiger partial charge < -0.3 is 10.1 Å². The molecule has 4 aromatic rings. The number of thioether (sulfide) groups is 1. The van der Waals surface area contributed by atoms with Gasteiger partial charge in [0.25, 0.3) is 5.69 Å². The fraction of sp³-hybridized carbons (Fsp3) is 0.200. The number of halogens is 3. The Bertz CT molecular complexity index is 1960. The number of amides is 3. The lowest BCUT2D eigenvalue weighted by Crippen LogP contribution is -2.33. The second kappa shape index (κ2) is 11.8. The van der Waals surface area contributed by atoms with Crippen LogP contribution in [-0.2, 0) is 27.1 Å². The molecule has 236 valence electrons. The fourth-order valence-electron chi connectivity index (χ4n) is 5.66. The average Bonchev–Trinajstić information content (AvgIpc) is 3.46. The Kier molecular flexibility index (Phi) is 7.93. The molecule has 1 aromatic heterocycles. The highest BCUT2D eigenvalue weighted by molar-refractivity contribution is 8.00. The number of nitro groups is 1. The lowest BCUT2D eigenvalue weighted by molar-refractivity contribution is -0.384. The summed E-state index contributed by atoms with van der Waals surface area (Å²) in [6.45, 7) is -0.659. The number of carbonyl (C=O) groups is 3. The first-order chi connectivity index (χ1) is 21.9. The molecule has 2 aliphatic heterocycles. The van der Waals surface area contributed by atoms with Gasteiger partial charge in [0.15, 0.2) is 0 Å². The van der Waals surface area contributed by atoms with E-state index in [-0.39, 0.29) is 16.4 Å². The summed E-state index contributed by atoms with van der Waals surface area (Å²) >= 11 is 1.68. The number of fused-ring (bicyclic) bond motifs is 2. The smallest absolute Gasteiger partial charge is 0.418 e. The summed E-state index contributed by atoms with van der Waals surface area (Å²) in [4.78, 5) is 65.6. The number of nitrogens with one attached hydrogen (secondary N) is 1. The zero-order valence-corrected chi connectivity index (χ0v) is 25.2. The van der Waals surface area contributed by atoms with Crippen molar-refractivity contribution in [1.29, 1.82) is 0 Å². The van der Waals surface area contributed by atoms with Crippen LogP contribution in [0, 0.1) is 16.0 Å². The first-order valence-corrected chi connectivity index (χ1v) is 15.2. The Hall–Kier alpha value is -4.96. The molecule has 1 fully saturated rings. The minimum atomic E-state index is -4.74. The van der Waals surface area contributed by atoms with Crippen molar-refractivity contribution in [1.82, 2.24) is 4.57 Å². The zero-order valence-electron chi connectivity index (χ0n) is 23.5. The number of nitrogens with zero attached hydrogens (tertiary/aromatic N) is 3. The van der Waals surface area contributed by atoms with E-state index in [1.807, 2.05) is 0 Å². The van der Waals surface area contributed by atoms with Gasteiger partial charge in [-0.3, -0.25) is 33.9 Å². The zero-order chi connectivity index (χ0) is 32.9. The number of thiazole rings is 1. The van der Waals surface area contributed by atoms with Crippen LogP contribution < -0.4 is 19.8 Å². The topological polar surface area (TPSA) is 141 Å². The number of alkyl halides is 3. The minimum Gasteiger partial charge on any atom is -0.496 e. The molecule has 3 atom stereocenters. The van der Waals surface area contributed by atoms with Crippen LogP contribution in [0.3, 0.4) is 0 Å². The van der Waals surface area contributed by atoms with Gasteiger partial charge >= 0.3 is 11.0 Å². The van der Waals surface area contributed by atoms with Gasteiger partial charge in [-0.2, -0.15) is 13.2 Å². The van der Waals surface area contributed by atoms with Crippen molar-refractivity contribution in [2.45, 2.75) is 28.9 Å². The van der Waals surface area contributed by atoms with Crippen molar-refractivity contribution < 1.29 is 37.2 Å². The van der Waals surface area contributed by atoms with Crippen LogP contribution >= 0.6 is 23.1 Å². The number of methoxy groups -OCH3 is 1. The molecule has 11 nitrogen and oxygen atoms in total. The Morgan fingerprint density at radius 1 is 1.00 bits per heavy atom. The van der Waals surface area contributed by atoms with Gasteiger partial charge in [0, 0.05) is 28.5 Å². The maximum Gasteiger partial charge on any atom is 0.418 e. The summed E-state index contributed by atoms with van der Waals surface area (Å²) in [5.41, 5.74) is -1.14. The van der Waals surface area contributed by atoms with Gasteiger partial charge in [-0.1, -0.05) is 53.4 Å². The van der Waals surface area contributed by atoms with E-state index in [2.05, 4.69) is 5.32 Å². The SMILES string of the molecule is COc1ccccc1[C@H]1c2sc(=O)n(CC(=O)Nc3ccccc3C(F)(F)F)c2SC2C(=O)N(c3ccc([N+](=O)[O-])cc3)C(=O)C21. The third kappa shape index (κ3) is 5.32. The summed E-state index contributed by atoms with van der Waals surface area (Å²) in [5.74, 6) is -3.63. The minimum absolute atomic E-state index is 0.123. The molecule has 16 heteroatoms. The average molecular weight is 671 g/mol. The summed E-state index contributed by atoms with van der Waals surface area (Å²) in [6.07, 6.45) is -4.74. The van der Waals surface area contributed by atoms with Gasteiger partial charge in [-0.15, -0.1) is 0 Å². The predicted octanol–water partition coefficient (Wildman–Crippen LogP) is 5.28. The molecule has 2 unspecified atom stereocenters. The number of nitro benzene ring substituents is 1. The number of hydrogen-bond acceptors (Lipinski definition) is 9. The number of anilines is 2. The van der Waals surface area contributed by atoms with Gasteiger partial charge in [-0.25, -0.2) is 4.90 Å². The Labute approximate surface area is 265 Å². The second-order valence-electron chi connectivity index (χ2n) is 10.3. The number of rotatable bonds is 7. The third-order valence-electron chi connectivity index (χ3n) is 7.65. The number of ether oxygens (including phenoxy) is 1. The largest absolute Gasteiger partial charge is 0.496 e. The highest BCUT2D eigenvalue weighted by Gasteiger charge is 2.57. The van der Waals surface area contributed by atoms with E-state index < -0.39 is 68.6 Å². The molecule has 3 amide bonds. The lowest BCUT2D eigenvalue weighted by Gasteiger charge is -2.31. The van der Waals surface area contributed by atoms with Crippen LogP contribution in [0.1, 0.15) is 21.9 Å². The molecule has 0 saturated carbocycles. The number of carbonyl (C=O) groups excluding carboxylic acids is 3. The van der Waals surface area contributed by atoms with Gasteiger partial charge in [0.1, 0.15) is 17.5 Å². The highest BCUT2D eigenvalue weighted by Crippen LogP contribution is 2.55. The van der Waals surface area contributed by atoms with E-state index in [9.17, 15) is 42.5 Å². The van der Waals surface area contributed by atoms with Crippen molar-refractivity contribution >= 4 is 57.9 Å². The van der Waals surface area contributed by atoms with Crippen LogP contribution in [0.25, 0.3) is 0 Å². The lowest BCUT2D eigenvalue weighted by atomic mass is 9.82. The first-order valence-electron chi connectivity index (χ1n) is 13.5. The monoisotopic (exact) mass is 670 g/mol. The molecule has 46 heavy (non-hydrogen) atoms. The Morgan fingerprint density at radius 3 is 2.35 bits per heavy atom. The normalized spacial score (nSPS) is 19.0. The fourth-order valence-corrected chi connectivity index (χ4v) is 8.43. The van der Waals surface area contributed by atoms with E-state index in [1.54, 1.807) is 24.3 Å². The van der Waals surface area contributed by atoms with Crippen LogP contribution in [0.15, 0.2) is 82.6 Å². The molecule has 0 bridgehead atoms. The van der Waals surface area contributed by atoms with Crippen molar-refractivity contribution in [3.8, 4) is 5.75 Å². The van der Waals surface area contributed by atoms with E-state index >= 15 is 0 Å². The van der Waals surface area contributed by atoms with Crippen molar-refractivity contribution in [3.63, 3.8) is 0 Å². The van der Waals surface area contributed by atoms with Crippen LogP contribution in [0.4, 0.5) is 30.2 Å². The summed E-state index contributed by atoms with van der Waals surface area (Å²) < 4.78 is 47.2. The quantitative estimate of drug-likeness (QED) is 0.159. The molecule has 6 rings (SSSR count). The summed E-state index contributed by atoms with van der Waals surface area (Å²) in [7, 11) is 1.43. The van der Waals surface area contributed by atoms with E-state index in [0.717, 1.165) is 44.7 Å². The summed E-state index contributed by atoms with van der Waals surface area (Å²) in [5, 5.41) is 12.5. The van der Waals surface area contributed by atoms with Crippen molar-refractivity contribution in [2.24, 2.45) is 5.92 Å². The molecule has 3 aromatic carbocycles. The van der Waals surface area contributed by atoms with Crippen molar-refractivity contribution in [2.75, 3.05) is 17.3 Å².